The first-order chi connectivity index (χ1) is 15.4. The number of ether oxygens (including phenoxy) is 2. The number of anilines is 2. The molecule has 0 bridgehead atoms. The highest BCUT2D eigenvalue weighted by Crippen LogP contribution is 2.32. The van der Waals surface area contributed by atoms with E-state index >= 15 is 0 Å². The van der Waals surface area contributed by atoms with Gasteiger partial charge in [-0.05, 0) is 54.1 Å². The molecule has 1 aliphatic heterocycles. The van der Waals surface area contributed by atoms with E-state index < -0.39 is 15.8 Å². The topological polar surface area (TPSA) is 93.7 Å². The first-order valence-electron chi connectivity index (χ1n) is 9.96. The molecule has 1 amide bonds. The summed E-state index contributed by atoms with van der Waals surface area (Å²) in [6.07, 6.45) is 0.909. The van der Waals surface area contributed by atoms with E-state index in [2.05, 4.69) is 10.0 Å². The van der Waals surface area contributed by atoms with Crippen molar-refractivity contribution in [3.8, 4) is 11.5 Å². The molecule has 1 aliphatic rings. The normalized spacial score (nSPS) is 13.2. The third kappa shape index (κ3) is 5.36. The zero-order valence-electron chi connectivity index (χ0n) is 17.0. The van der Waals surface area contributed by atoms with Crippen LogP contribution in [0.15, 0.2) is 71.6 Å². The molecule has 7 nitrogen and oxygen atoms in total. The molecule has 0 fully saturated rings. The largest absolute Gasteiger partial charge is 0.490 e. The predicted molar refractivity (Wildman–Crippen MR) is 118 cm³/mol. The molecule has 4 rings (SSSR count). The zero-order chi connectivity index (χ0) is 22.6. The number of halogens is 1. The molecule has 166 valence electrons. The van der Waals surface area contributed by atoms with Crippen LogP contribution in [0.3, 0.4) is 0 Å². The lowest BCUT2D eigenvalue weighted by Crippen LogP contribution is -2.15. The van der Waals surface area contributed by atoms with Crippen LogP contribution in [-0.4, -0.2) is 27.5 Å². The Morgan fingerprint density at radius 2 is 1.53 bits per heavy atom. The van der Waals surface area contributed by atoms with Gasteiger partial charge < -0.3 is 14.8 Å². The second-order valence-corrected chi connectivity index (χ2v) is 8.88. The number of nitrogens with one attached hydrogen (secondary N) is 2. The van der Waals surface area contributed by atoms with Gasteiger partial charge in [-0.1, -0.05) is 12.1 Å². The zero-order valence-corrected chi connectivity index (χ0v) is 17.8. The summed E-state index contributed by atoms with van der Waals surface area (Å²) in [6, 6.07) is 16.2. The van der Waals surface area contributed by atoms with Crippen molar-refractivity contribution in [2.24, 2.45) is 0 Å². The average molecular weight is 456 g/mol. The Balaban J connectivity index is 1.37. The van der Waals surface area contributed by atoms with E-state index in [9.17, 15) is 17.6 Å². The van der Waals surface area contributed by atoms with E-state index in [-0.39, 0.29) is 17.2 Å². The van der Waals surface area contributed by atoms with Gasteiger partial charge in [0.25, 0.3) is 10.0 Å². The minimum absolute atomic E-state index is 0.0440. The van der Waals surface area contributed by atoms with Gasteiger partial charge in [-0.3, -0.25) is 9.52 Å². The average Bonchev–Trinajstić information content (AvgIpc) is 3.00. The lowest BCUT2D eigenvalue weighted by atomic mass is 10.1. The van der Waals surface area contributed by atoms with Crippen molar-refractivity contribution in [3.63, 3.8) is 0 Å². The van der Waals surface area contributed by atoms with E-state index in [4.69, 9.17) is 9.47 Å². The van der Waals surface area contributed by atoms with Crippen molar-refractivity contribution in [2.45, 2.75) is 17.7 Å². The van der Waals surface area contributed by atoms with Crippen molar-refractivity contribution in [1.82, 2.24) is 0 Å². The van der Waals surface area contributed by atoms with E-state index in [1.165, 1.54) is 12.1 Å². The fourth-order valence-electron chi connectivity index (χ4n) is 3.15. The number of hydrogen-bond acceptors (Lipinski definition) is 5. The highest BCUT2D eigenvalue weighted by atomic mass is 32.2. The van der Waals surface area contributed by atoms with E-state index in [0.717, 1.165) is 18.6 Å². The van der Waals surface area contributed by atoms with Gasteiger partial charge in [-0.15, -0.1) is 0 Å². The molecule has 0 saturated heterocycles. The molecule has 9 heteroatoms. The van der Waals surface area contributed by atoms with Crippen LogP contribution in [0.2, 0.25) is 0 Å². The maximum absolute atomic E-state index is 13.0. The van der Waals surface area contributed by atoms with Crippen LogP contribution in [0.1, 0.15) is 12.0 Å². The van der Waals surface area contributed by atoms with Gasteiger partial charge in [0, 0.05) is 23.9 Å². The van der Waals surface area contributed by atoms with Gasteiger partial charge in [0.05, 0.1) is 24.5 Å². The summed E-state index contributed by atoms with van der Waals surface area (Å²) in [6.45, 7) is 1.15. The molecule has 0 spiro atoms. The fraction of sp³-hybridized carbons (Fsp3) is 0.174. The molecule has 32 heavy (non-hydrogen) atoms. The van der Waals surface area contributed by atoms with E-state index in [1.54, 1.807) is 42.5 Å². The van der Waals surface area contributed by atoms with Gasteiger partial charge in [0.1, 0.15) is 5.82 Å². The minimum atomic E-state index is -3.83. The summed E-state index contributed by atoms with van der Waals surface area (Å²) in [4.78, 5) is 12.4. The Bertz CT molecular complexity index is 1210. The number of amides is 1. The van der Waals surface area contributed by atoms with Crippen LogP contribution in [0.4, 0.5) is 15.8 Å². The quantitative estimate of drug-likeness (QED) is 0.586. The Morgan fingerprint density at radius 1 is 0.875 bits per heavy atom. The number of carbonyl (C=O) groups is 1. The molecule has 0 unspecified atom stereocenters. The molecule has 0 radical (unpaired) electrons. The van der Waals surface area contributed by atoms with Gasteiger partial charge in [0.2, 0.25) is 5.91 Å². The van der Waals surface area contributed by atoms with Crippen molar-refractivity contribution >= 4 is 27.3 Å². The monoisotopic (exact) mass is 456 g/mol. The highest BCUT2D eigenvalue weighted by Gasteiger charge is 2.15. The Labute approximate surface area is 185 Å². The molecule has 0 saturated carbocycles. The summed E-state index contributed by atoms with van der Waals surface area (Å²) in [5, 5.41) is 2.82. The fourth-order valence-corrected chi connectivity index (χ4v) is 4.21. The van der Waals surface area contributed by atoms with Crippen LogP contribution >= 0.6 is 0 Å². The van der Waals surface area contributed by atoms with Crippen molar-refractivity contribution in [1.29, 1.82) is 0 Å². The molecular weight excluding hydrogens is 435 g/mol. The minimum Gasteiger partial charge on any atom is -0.490 e. The van der Waals surface area contributed by atoms with Gasteiger partial charge in [0.15, 0.2) is 11.5 Å². The number of fused-ring (bicyclic) bond motifs is 1. The smallest absolute Gasteiger partial charge is 0.261 e. The second-order valence-electron chi connectivity index (χ2n) is 7.19. The molecule has 0 atom stereocenters. The van der Waals surface area contributed by atoms with Crippen molar-refractivity contribution < 1.29 is 27.1 Å². The number of sulfonamides is 1. The Morgan fingerprint density at radius 3 is 2.25 bits per heavy atom. The highest BCUT2D eigenvalue weighted by molar-refractivity contribution is 7.92. The maximum atomic E-state index is 13.0. The van der Waals surface area contributed by atoms with Crippen LogP contribution in [0, 0.1) is 5.82 Å². The van der Waals surface area contributed by atoms with E-state index in [1.807, 2.05) is 0 Å². The summed E-state index contributed by atoms with van der Waals surface area (Å²) in [5.41, 5.74) is 1.64. The first kappa shape index (κ1) is 21.6. The standard InChI is InChI=1S/C23H21FN2O5S/c24-17-4-9-20(10-5-17)32(28,29)26-18-6-2-16(3-7-18)14-23(27)25-19-8-11-21-22(15-19)31-13-1-12-30-21/h2-11,15,26H,1,12-14H2,(H,25,27). The molecule has 3 aromatic rings. The molecule has 3 aromatic carbocycles. The third-order valence-electron chi connectivity index (χ3n) is 4.73. The van der Waals surface area contributed by atoms with Gasteiger partial charge in [-0.25, -0.2) is 12.8 Å². The SMILES string of the molecule is O=C(Cc1ccc(NS(=O)(=O)c2ccc(F)cc2)cc1)Nc1ccc2c(c1)OCCCO2. The van der Waals surface area contributed by atoms with Crippen LogP contribution in [0.25, 0.3) is 0 Å². The lowest BCUT2D eigenvalue weighted by Gasteiger charge is -2.11. The predicted octanol–water partition coefficient (Wildman–Crippen LogP) is 3.97. The number of benzene rings is 3. The summed E-state index contributed by atoms with van der Waals surface area (Å²) >= 11 is 0. The van der Waals surface area contributed by atoms with Crippen LogP contribution in [0.5, 0.6) is 11.5 Å². The van der Waals surface area contributed by atoms with Gasteiger partial charge >= 0.3 is 0 Å². The summed E-state index contributed by atoms with van der Waals surface area (Å²) in [5.74, 6) is 0.509. The summed E-state index contributed by atoms with van der Waals surface area (Å²) < 4.78 is 51.4. The Kier molecular flexibility index (Phi) is 6.27. The molecular formula is C23H21FN2O5S. The Hall–Kier alpha value is -3.59. The molecule has 2 N–H and O–H groups in total. The van der Waals surface area contributed by atoms with E-state index in [0.29, 0.717) is 41.7 Å². The lowest BCUT2D eigenvalue weighted by molar-refractivity contribution is -0.115. The molecule has 1 heterocycles. The first-order valence-corrected chi connectivity index (χ1v) is 11.4. The van der Waals surface area contributed by atoms with Crippen molar-refractivity contribution in [3.05, 3.63) is 78.1 Å². The van der Waals surface area contributed by atoms with Crippen molar-refractivity contribution in [2.75, 3.05) is 23.3 Å². The third-order valence-corrected chi connectivity index (χ3v) is 6.12. The van der Waals surface area contributed by atoms with Gasteiger partial charge in [-0.2, -0.15) is 0 Å². The summed E-state index contributed by atoms with van der Waals surface area (Å²) in [7, 11) is -3.83. The number of carbonyl (C=O) groups excluding carboxylic acids is 1. The molecule has 0 aliphatic carbocycles. The number of hydrogen-bond donors (Lipinski definition) is 2. The number of rotatable bonds is 6. The van der Waals surface area contributed by atoms with Crippen LogP contribution < -0.4 is 19.5 Å². The molecule has 0 aromatic heterocycles. The maximum Gasteiger partial charge on any atom is 0.261 e. The second kappa shape index (κ2) is 9.27. The van der Waals surface area contributed by atoms with Crippen LogP contribution in [-0.2, 0) is 21.2 Å².